The molecule has 6 heteroatoms. The van der Waals surface area contributed by atoms with Crippen molar-refractivity contribution in [3.05, 3.63) is 37.6 Å². The van der Waals surface area contributed by atoms with Gasteiger partial charge in [-0.1, -0.05) is 23.8 Å². The summed E-state index contributed by atoms with van der Waals surface area (Å²) in [6.07, 6.45) is 6.92. The Morgan fingerprint density at radius 3 is 2.67 bits per heavy atom. The van der Waals surface area contributed by atoms with Crippen LogP contribution >= 0.6 is 11.6 Å². The van der Waals surface area contributed by atoms with Crippen molar-refractivity contribution in [3.8, 4) is 0 Å². The number of hydrogen-bond acceptors (Lipinski definition) is 5. The van der Waals surface area contributed by atoms with Crippen LogP contribution in [0.5, 0.6) is 0 Å². The van der Waals surface area contributed by atoms with Crippen LogP contribution in [0.3, 0.4) is 0 Å². The van der Waals surface area contributed by atoms with E-state index >= 15 is 0 Å². The molecule has 1 aliphatic heterocycles. The number of hydrogen-bond donors (Lipinski definition) is 2. The Bertz CT molecular complexity index is 286. The quantitative estimate of drug-likeness (QED) is 0.664. The molecule has 0 aromatic heterocycles. The van der Waals surface area contributed by atoms with E-state index < -0.39 is 0 Å². The van der Waals surface area contributed by atoms with E-state index in [1.54, 1.807) is 29.5 Å². The van der Waals surface area contributed by atoms with Gasteiger partial charge in [0.05, 0.1) is 0 Å². The fraction of sp³-hybridized carbons (Fsp3) is 0.222. The number of hydrazone groups is 1. The second kappa shape index (κ2) is 6.23. The molecule has 0 atom stereocenters. The van der Waals surface area contributed by atoms with E-state index in [-0.39, 0.29) is 0 Å². The van der Waals surface area contributed by atoms with Crippen LogP contribution in [-0.2, 0) is 0 Å². The Hall–Kier alpha value is -1.30. The molecule has 0 aromatic rings. The van der Waals surface area contributed by atoms with Crippen molar-refractivity contribution in [2.45, 2.75) is 0 Å². The molecule has 0 spiro atoms. The number of rotatable bonds is 6. The van der Waals surface area contributed by atoms with Crippen LogP contribution in [0, 0.1) is 0 Å². The van der Waals surface area contributed by atoms with Crippen LogP contribution in [0.1, 0.15) is 0 Å². The number of halogens is 1. The standard InChI is InChI=1S/C9H14ClN5/c1-3-6-11-14-8-5-9(10)13-15(14)12-7-4-2/h3-5,8,11-12H,1-2,6-7H2. The van der Waals surface area contributed by atoms with E-state index in [1.165, 1.54) is 5.23 Å². The third-order valence-corrected chi connectivity index (χ3v) is 1.72. The summed E-state index contributed by atoms with van der Waals surface area (Å²) < 4.78 is 0. The molecule has 1 rings (SSSR count). The van der Waals surface area contributed by atoms with Crippen LogP contribution in [0.2, 0.25) is 0 Å². The maximum absolute atomic E-state index is 5.77. The number of nitrogens with one attached hydrogen (secondary N) is 2. The monoisotopic (exact) mass is 227 g/mol. The second-order valence-corrected chi connectivity index (χ2v) is 3.06. The third-order valence-electron chi connectivity index (χ3n) is 1.52. The van der Waals surface area contributed by atoms with Gasteiger partial charge in [-0.2, -0.15) is 10.5 Å². The normalized spacial score (nSPS) is 15.1. The SMILES string of the molecule is C=CCNN1C=CC(Cl)=NN1NCC=C. The third kappa shape index (κ3) is 3.75. The highest BCUT2D eigenvalue weighted by Gasteiger charge is 2.12. The molecule has 0 amide bonds. The minimum Gasteiger partial charge on any atom is -0.209 e. The van der Waals surface area contributed by atoms with Gasteiger partial charge in [-0.25, -0.2) is 5.43 Å². The second-order valence-electron chi connectivity index (χ2n) is 2.67. The zero-order chi connectivity index (χ0) is 11.1. The molecule has 2 N–H and O–H groups in total. The summed E-state index contributed by atoms with van der Waals surface area (Å²) in [5, 5.41) is 7.62. The van der Waals surface area contributed by atoms with Crippen molar-refractivity contribution < 1.29 is 0 Å². The van der Waals surface area contributed by atoms with E-state index in [0.717, 1.165) is 0 Å². The molecule has 0 bridgehead atoms. The molecule has 0 saturated heterocycles. The van der Waals surface area contributed by atoms with Crippen LogP contribution in [-0.4, -0.2) is 28.6 Å². The van der Waals surface area contributed by atoms with E-state index in [4.69, 9.17) is 11.6 Å². The van der Waals surface area contributed by atoms with Gasteiger partial charge in [-0.05, 0) is 6.08 Å². The van der Waals surface area contributed by atoms with E-state index in [9.17, 15) is 0 Å². The van der Waals surface area contributed by atoms with E-state index in [2.05, 4.69) is 29.1 Å². The van der Waals surface area contributed by atoms with Gasteiger partial charge in [-0.3, -0.25) is 0 Å². The highest BCUT2D eigenvalue weighted by atomic mass is 35.5. The van der Waals surface area contributed by atoms with Gasteiger partial charge in [-0.15, -0.1) is 23.5 Å². The van der Waals surface area contributed by atoms with E-state index in [1.807, 2.05) is 0 Å². The smallest absolute Gasteiger partial charge is 0.154 e. The zero-order valence-corrected chi connectivity index (χ0v) is 9.11. The van der Waals surface area contributed by atoms with Crippen molar-refractivity contribution in [2.24, 2.45) is 5.10 Å². The maximum Gasteiger partial charge on any atom is 0.154 e. The Morgan fingerprint density at radius 1 is 1.33 bits per heavy atom. The molecule has 1 heterocycles. The Balaban J connectivity index is 2.55. The molecule has 0 aliphatic carbocycles. The Morgan fingerprint density at radius 2 is 2.00 bits per heavy atom. The molecule has 0 saturated carbocycles. The minimum absolute atomic E-state index is 0.406. The zero-order valence-electron chi connectivity index (χ0n) is 8.36. The van der Waals surface area contributed by atoms with Crippen molar-refractivity contribution in [1.29, 1.82) is 0 Å². The number of nitrogens with zero attached hydrogens (tertiary/aromatic N) is 3. The molecule has 82 valence electrons. The van der Waals surface area contributed by atoms with Crippen LogP contribution in [0.4, 0.5) is 0 Å². The lowest BCUT2D eigenvalue weighted by molar-refractivity contribution is -0.0639. The predicted molar refractivity (Wildman–Crippen MR) is 62.5 cm³/mol. The number of hydrazine groups is 3. The topological polar surface area (TPSA) is 42.9 Å². The lowest BCUT2D eigenvalue weighted by Crippen LogP contribution is -2.52. The molecule has 0 radical (unpaired) electrons. The molecule has 5 nitrogen and oxygen atoms in total. The molecule has 0 unspecified atom stereocenters. The summed E-state index contributed by atoms with van der Waals surface area (Å²) in [6.45, 7) is 8.44. The molecule has 15 heavy (non-hydrogen) atoms. The minimum atomic E-state index is 0.406. The summed E-state index contributed by atoms with van der Waals surface area (Å²) in [7, 11) is 0. The Labute approximate surface area is 94.3 Å². The molecular formula is C9H14ClN5. The average molecular weight is 228 g/mol. The molecule has 0 aromatic carbocycles. The Kier molecular flexibility index (Phi) is 4.89. The van der Waals surface area contributed by atoms with Crippen molar-refractivity contribution in [2.75, 3.05) is 13.1 Å². The average Bonchev–Trinajstić information content (AvgIpc) is 2.25. The van der Waals surface area contributed by atoms with Crippen molar-refractivity contribution in [1.82, 2.24) is 21.2 Å². The van der Waals surface area contributed by atoms with Crippen molar-refractivity contribution >= 4 is 16.8 Å². The first-order valence-electron chi connectivity index (χ1n) is 4.48. The molecule has 0 fully saturated rings. The highest BCUT2D eigenvalue weighted by Crippen LogP contribution is 2.03. The van der Waals surface area contributed by atoms with Gasteiger partial charge in [0.25, 0.3) is 0 Å². The molecular weight excluding hydrogens is 214 g/mol. The summed E-state index contributed by atoms with van der Waals surface area (Å²) in [5.41, 5.74) is 6.02. The number of allylic oxidation sites excluding steroid dienone is 1. The summed E-state index contributed by atoms with van der Waals surface area (Å²) in [5.74, 6) is 0. The van der Waals surface area contributed by atoms with Gasteiger partial charge >= 0.3 is 0 Å². The van der Waals surface area contributed by atoms with Crippen molar-refractivity contribution in [3.63, 3.8) is 0 Å². The first kappa shape index (κ1) is 11.8. The summed E-state index contributed by atoms with van der Waals surface area (Å²) in [6, 6.07) is 0. The summed E-state index contributed by atoms with van der Waals surface area (Å²) in [4.78, 5) is 0. The van der Waals surface area contributed by atoms with Gasteiger partial charge in [0, 0.05) is 19.3 Å². The predicted octanol–water partition coefficient (Wildman–Crippen LogP) is 0.966. The van der Waals surface area contributed by atoms with Gasteiger partial charge < -0.3 is 0 Å². The van der Waals surface area contributed by atoms with E-state index in [0.29, 0.717) is 18.3 Å². The van der Waals surface area contributed by atoms with Gasteiger partial charge in [0.1, 0.15) is 0 Å². The maximum atomic E-state index is 5.77. The van der Waals surface area contributed by atoms with Crippen LogP contribution < -0.4 is 10.9 Å². The fourth-order valence-electron chi connectivity index (χ4n) is 0.903. The largest absolute Gasteiger partial charge is 0.209 e. The molecule has 1 aliphatic rings. The van der Waals surface area contributed by atoms with Gasteiger partial charge in [0.2, 0.25) is 0 Å². The first-order chi connectivity index (χ1) is 7.27. The van der Waals surface area contributed by atoms with Crippen LogP contribution in [0.25, 0.3) is 0 Å². The lowest BCUT2D eigenvalue weighted by Gasteiger charge is -2.32. The first-order valence-corrected chi connectivity index (χ1v) is 4.86. The van der Waals surface area contributed by atoms with Crippen LogP contribution in [0.15, 0.2) is 42.7 Å². The lowest BCUT2D eigenvalue weighted by atomic mass is 10.6. The highest BCUT2D eigenvalue weighted by molar-refractivity contribution is 6.68. The van der Waals surface area contributed by atoms with Gasteiger partial charge in [0.15, 0.2) is 5.17 Å². The fourth-order valence-corrected chi connectivity index (χ4v) is 1.03. The summed E-state index contributed by atoms with van der Waals surface area (Å²) >= 11 is 5.77.